The van der Waals surface area contributed by atoms with Gasteiger partial charge < -0.3 is 10.2 Å². The normalized spacial score (nSPS) is 18.6. The van der Waals surface area contributed by atoms with Crippen LogP contribution in [0.25, 0.3) is 0 Å². The molecule has 2 fully saturated rings. The van der Waals surface area contributed by atoms with Gasteiger partial charge in [-0.1, -0.05) is 13.3 Å². The number of hydrogen-bond acceptors (Lipinski definition) is 4. The summed E-state index contributed by atoms with van der Waals surface area (Å²) < 4.78 is 0. The molecule has 0 radical (unpaired) electrons. The van der Waals surface area contributed by atoms with Crippen LogP contribution in [0.15, 0.2) is 12.1 Å². The van der Waals surface area contributed by atoms with E-state index >= 15 is 0 Å². The van der Waals surface area contributed by atoms with Crippen molar-refractivity contribution in [2.24, 2.45) is 0 Å². The number of hydrogen-bond donors (Lipinski definition) is 1. The zero-order valence-corrected chi connectivity index (χ0v) is 11.8. The fourth-order valence-corrected chi connectivity index (χ4v) is 2.34. The lowest BCUT2D eigenvalue weighted by Crippen LogP contribution is -2.28. The number of nitrogens with zero attached hydrogens (tertiary/aromatic N) is 3. The third-order valence-corrected chi connectivity index (χ3v) is 3.89. The summed E-state index contributed by atoms with van der Waals surface area (Å²) in [5.41, 5.74) is 1.06. The summed E-state index contributed by atoms with van der Waals surface area (Å²) in [6.07, 6.45) is 7.74. The second-order valence-electron chi connectivity index (χ2n) is 5.82. The molecule has 0 spiro atoms. The molecule has 0 saturated heterocycles. The zero-order chi connectivity index (χ0) is 13.1. The van der Waals surface area contributed by atoms with Crippen LogP contribution in [-0.4, -0.2) is 28.8 Å². The van der Waals surface area contributed by atoms with Crippen LogP contribution < -0.4 is 10.2 Å². The van der Waals surface area contributed by atoms with E-state index in [1.807, 2.05) is 0 Å². The Morgan fingerprint density at radius 3 is 2.63 bits per heavy atom. The van der Waals surface area contributed by atoms with E-state index in [-0.39, 0.29) is 0 Å². The second-order valence-corrected chi connectivity index (χ2v) is 5.82. The Hall–Kier alpha value is -1.16. The third kappa shape index (κ3) is 3.66. The molecule has 0 atom stereocenters. The van der Waals surface area contributed by atoms with E-state index in [2.05, 4.69) is 39.5 Å². The Labute approximate surface area is 115 Å². The fourth-order valence-electron chi connectivity index (χ4n) is 2.34. The van der Waals surface area contributed by atoms with Gasteiger partial charge in [0.15, 0.2) is 5.82 Å². The molecule has 2 aliphatic rings. The molecule has 0 amide bonds. The molecular weight excluding hydrogens is 236 g/mol. The van der Waals surface area contributed by atoms with Crippen molar-refractivity contribution in [3.05, 3.63) is 17.8 Å². The van der Waals surface area contributed by atoms with Gasteiger partial charge in [-0.15, -0.1) is 5.10 Å². The van der Waals surface area contributed by atoms with Crippen molar-refractivity contribution in [3.63, 3.8) is 0 Å². The molecule has 104 valence electrons. The maximum Gasteiger partial charge on any atom is 0.151 e. The summed E-state index contributed by atoms with van der Waals surface area (Å²) >= 11 is 0. The summed E-state index contributed by atoms with van der Waals surface area (Å²) in [5, 5.41) is 12.3. The molecule has 3 rings (SSSR count). The third-order valence-electron chi connectivity index (χ3n) is 3.89. The van der Waals surface area contributed by atoms with Gasteiger partial charge >= 0.3 is 0 Å². The molecule has 1 N–H and O–H groups in total. The first-order chi connectivity index (χ1) is 9.36. The molecule has 0 unspecified atom stereocenters. The van der Waals surface area contributed by atoms with Gasteiger partial charge in [0.25, 0.3) is 0 Å². The van der Waals surface area contributed by atoms with Gasteiger partial charge in [0.2, 0.25) is 0 Å². The molecule has 4 heteroatoms. The van der Waals surface area contributed by atoms with Crippen LogP contribution in [0.4, 0.5) is 5.82 Å². The number of anilines is 1. The van der Waals surface area contributed by atoms with Gasteiger partial charge in [0.1, 0.15) is 0 Å². The Bertz CT molecular complexity index is 395. The summed E-state index contributed by atoms with van der Waals surface area (Å²) in [4.78, 5) is 2.44. The molecule has 2 saturated carbocycles. The molecule has 1 aromatic heterocycles. The highest BCUT2D eigenvalue weighted by atomic mass is 15.3. The molecule has 0 bridgehead atoms. The topological polar surface area (TPSA) is 41.0 Å². The van der Waals surface area contributed by atoms with E-state index in [0.717, 1.165) is 36.7 Å². The van der Waals surface area contributed by atoms with Gasteiger partial charge in [-0.3, -0.25) is 0 Å². The predicted octanol–water partition coefficient (Wildman–Crippen LogP) is 2.50. The average Bonchev–Trinajstić information content (AvgIpc) is 3.31. The lowest BCUT2D eigenvalue weighted by molar-refractivity contribution is 0.658. The molecule has 0 aromatic carbocycles. The fraction of sp³-hybridized carbons (Fsp3) is 0.733. The van der Waals surface area contributed by atoms with Crippen molar-refractivity contribution in [2.75, 3.05) is 11.4 Å². The van der Waals surface area contributed by atoms with Crippen LogP contribution in [0.2, 0.25) is 0 Å². The number of rotatable bonds is 8. The van der Waals surface area contributed by atoms with Crippen LogP contribution in [-0.2, 0) is 6.54 Å². The molecule has 4 nitrogen and oxygen atoms in total. The van der Waals surface area contributed by atoms with Crippen LogP contribution in [0.1, 0.15) is 51.1 Å². The first kappa shape index (κ1) is 12.9. The summed E-state index contributed by atoms with van der Waals surface area (Å²) in [6, 6.07) is 5.72. The minimum atomic E-state index is 0.719. The minimum Gasteiger partial charge on any atom is -0.352 e. The minimum absolute atomic E-state index is 0.719. The molecule has 19 heavy (non-hydrogen) atoms. The summed E-state index contributed by atoms with van der Waals surface area (Å²) in [5.74, 6) is 1.06. The number of nitrogens with one attached hydrogen (secondary N) is 1. The lowest BCUT2D eigenvalue weighted by Gasteiger charge is -2.22. The van der Waals surface area contributed by atoms with E-state index in [9.17, 15) is 0 Å². The standard InChI is InChI=1S/C15H24N4/c1-2-3-10-19(14-7-8-14)15-9-6-13(17-18-15)11-16-12-4-5-12/h6,9,12,14,16H,2-5,7-8,10-11H2,1H3. The lowest BCUT2D eigenvalue weighted by atomic mass is 10.3. The largest absolute Gasteiger partial charge is 0.352 e. The molecule has 0 aliphatic heterocycles. The van der Waals surface area contributed by atoms with Crippen molar-refractivity contribution < 1.29 is 0 Å². The SMILES string of the molecule is CCCCN(c1ccc(CNC2CC2)nn1)C1CC1. The van der Waals surface area contributed by atoms with E-state index in [1.165, 1.54) is 38.5 Å². The van der Waals surface area contributed by atoms with Crippen LogP contribution in [0.5, 0.6) is 0 Å². The van der Waals surface area contributed by atoms with E-state index < -0.39 is 0 Å². The Morgan fingerprint density at radius 1 is 1.21 bits per heavy atom. The van der Waals surface area contributed by atoms with Crippen molar-refractivity contribution in [2.45, 2.75) is 64.1 Å². The maximum atomic E-state index is 4.43. The highest BCUT2D eigenvalue weighted by molar-refractivity contribution is 5.40. The van der Waals surface area contributed by atoms with Crippen LogP contribution in [0.3, 0.4) is 0 Å². The Morgan fingerprint density at radius 2 is 2.05 bits per heavy atom. The van der Waals surface area contributed by atoms with Crippen molar-refractivity contribution in [1.82, 2.24) is 15.5 Å². The van der Waals surface area contributed by atoms with Gasteiger partial charge in [-0.05, 0) is 44.2 Å². The van der Waals surface area contributed by atoms with E-state index in [1.54, 1.807) is 0 Å². The van der Waals surface area contributed by atoms with Crippen molar-refractivity contribution >= 4 is 5.82 Å². The average molecular weight is 260 g/mol. The van der Waals surface area contributed by atoms with E-state index in [0.29, 0.717) is 0 Å². The van der Waals surface area contributed by atoms with Gasteiger partial charge in [-0.25, -0.2) is 0 Å². The Balaban J connectivity index is 1.58. The first-order valence-electron chi connectivity index (χ1n) is 7.69. The highest BCUT2D eigenvalue weighted by Gasteiger charge is 2.29. The predicted molar refractivity (Wildman–Crippen MR) is 77.2 cm³/mol. The summed E-state index contributed by atoms with van der Waals surface area (Å²) in [6.45, 7) is 4.22. The molecular formula is C15H24N4. The molecule has 1 heterocycles. The van der Waals surface area contributed by atoms with E-state index in [4.69, 9.17) is 0 Å². The van der Waals surface area contributed by atoms with Gasteiger partial charge in [-0.2, -0.15) is 5.10 Å². The first-order valence-corrected chi connectivity index (χ1v) is 7.69. The van der Waals surface area contributed by atoms with Crippen molar-refractivity contribution in [1.29, 1.82) is 0 Å². The molecule has 2 aliphatic carbocycles. The quantitative estimate of drug-likeness (QED) is 0.779. The monoisotopic (exact) mass is 260 g/mol. The maximum absolute atomic E-state index is 4.43. The zero-order valence-electron chi connectivity index (χ0n) is 11.8. The van der Waals surface area contributed by atoms with Gasteiger partial charge in [0, 0.05) is 25.2 Å². The van der Waals surface area contributed by atoms with Gasteiger partial charge in [0.05, 0.1) is 5.69 Å². The van der Waals surface area contributed by atoms with Crippen LogP contribution in [0, 0.1) is 0 Å². The Kier molecular flexibility index (Phi) is 3.97. The number of aromatic nitrogens is 2. The van der Waals surface area contributed by atoms with Crippen molar-refractivity contribution in [3.8, 4) is 0 Å². The number of unbranched alkanes of at least 4 members (excludes halogenated alkanes) is 1. The van der Waals surface area contributed by atoms with Crippen LogP contribution >= 0.6 is 0 Å². The smallest absolute Gasteiger partial charge is 0.151 e. The second kappa shape index (κ2) is 5.87. The molecule has 1 aromatic rings. The summed E-state index contributed by atoms with van der Waals surface area (Å²) in [7, 11) is 0. The highest BCUT2D eigenvalue weighted by Crippen LogP contribution is 2.30.